The van der Waals surface area contributed by atoms with Crippen molar-refractivity contribution in [2.75, 3.05) is 17.3 Å². The summed E-state index contributed by atoms with van der Waals surface area (Å²) >= 11 is 0. The predicted octanol–water partition coefficient (Wildman–Crippen LogP) is 3.54. The van der Waals surface area contributed by atoms with Crippen LogP contribution in [0, 0.1) is 13.8 Å². The lowest BCUT2D eigenvalue weighted by Crippen LogP contribution is -2.22. The molecule has 0 aliphatic carbocycles. The summed E-state index contributed by atoms with van der Waals surface area (Å²) in [5, 5.41) is 2.86. The predicted molar refractivity (Wildman–Crippen MR) is 89.4 cm³/mol. The molecule has 2 amide bonds. The maximum atomic E-state index is 12.2. The summed E-state index contributed by atoms with van der Waals surface area (Å²) in [6.07, 6.45) is 0. The van der Waals surface area contributed by atoms with Gasteiger partial charge in [0, 0.05) is 30.9 Å². The average molecular weight is 296 g/mol. The van der Waals surface area contributed by atoms with Crippen molar-refractivity contribution in [2.24, 2.45) is 0 Å². The monoisotopic (exact) mass is 296 g/mol. The molecule has 0 aliphatic rings. The van der Waals surface area contributed by atoms with E-state index in [2.05, 4.69) is 5.32 Å². The van der Waals surface area contributed by atoms with Crippen LogP contribution < -0.4 is 10.2 Å². The number of amides is 2. The molecule has 0 atom stereocenters. The van der Waals surface area contributed by atoms with Gasteiger partial charge in [0.2, 0.25) is 5.91 Å². The Bertz CT molecular complexity index is 706. The standard InChI is InChI=1S/C18H20N2O2/c1-12-5-6-15(11-13(12)2)18(22)19-16-7-9-17(10-8-16)20(4)14(3)21/h5-11H,1-4H3,(H,19,22). The fraction of sp³-hybridized carbons (Fsp3) is 0.222. The molecule has 0 bridgehead atoms. The van der Waals surface area contributed by atoms with E-state index in [1.54, 1.807) is 36.2 Å². The molecule has 0 saturated heterocycles. The van der Waals surface area contributed by atoms with Gasteiger partial charge in [0.15, 0.2) is 0 Å². The number of nitrogens with one attached hydrogen (secondary N) is 1. The quantitative estimate of drug-likeness (QED) is 0.942. The summed E-state index contributed by atoms with van der Waals surface area (Å²) in [5.74, 6) is -0.178. The number of carbonyl (C=O) groups excluding carboxylic acids is 2. The van der Waals surface area contributed by atoms with Crippen LogP contribution in [0.25, 0.3) is 0 Å². The van der Waals surface area contributed by atoms with Gasteiger partial charge >= 0.3 is 0 Å². The van der Waals surface area contributed by atoms with Crippen molar-refractivity contribution in [1.29, 1.82) is 0 Å². The molecule has 0 aromatic heterocycles. The Morgan fingerprint density at radius 3 is 2.14 bits per heavy atom. The number of hydrogen-bond donors (Lipinski definition) is 1. The molecule has 4 heteroatoms. The molecule has 2 aromatic rings. The number of anilines is 2. The van der Waals surface area contributed by atoms with E-state index in [1.165, 1.54) is 6.92 Å². The third kappa shape index (κ3) is 3.52. The molecule has 0 fully saturated rings. The Balaban J connectivity index is 2.11. The van der Waals surface area contributed by atoms with Crippen molar-refractivity contribution in [2.45, 2.75) is 20.8 Å². The van der Waals surface area contributed by atoms with Crippen LogP contribution in [0.3, 0.4) is 0 Å². The maximum Gasteiger partial charge on any atom is 0.255 e. The van der Waals surface area contributed by atoms with Crippen LogP contribution in [0.15, 0.2) is 42.5 Å². The van der Waals surface area contributed by atoms with Crippen LogP contribution in [0.1, 0.15) is 28.4 Å². The first kappa shape index (κ1) is 15.8. The van der Waals surface area contributed by atoms with Crippen molar-refractivity contribution >= 4 is 23.2 Å². The first-order chi connectivity index (χ1) is 10.4. The summed E-state index contributed by atoms with van der Waals surface area (Å²) in [4.78, 5) is 25.1. The van der Waals surface area contributed by atoms with Crippen LogP contribution in [0.2, 0.25) is 0 Å². The number of benzene rings is 2. The van der Waals surface area contributed by atoms with Gasteiger partial charge in [-0.2, -0.15) is 0 Å². The molecular weight excluding hydrogens is 276 g/mol. The highest BCUT2D eigenvalue weighted by Gasteiger charge is 2.08. The van der Waals surface area contributed by atoms with E-state index in [0.29, 0.717) is 11.3 Å². The molecule has 22 heavy (non-hydrogen) atoms. The number of nitrogens with zero attached hydrogens (tertiary/aromatic N) is 1. The molecule has 2 rings (SSSR count). The first-order valence-electron chi connectivity index (χ1n) is 7.11. The second-order valence-electron chi connectivity index (χ2n) is 5.38. The highest BCUT2D eigenvalue weighted by molar-refractivity contribution is 6.04. The molecule has 0 unspecified atom stereocenters. The van der Waals surface area contributed by atoms with E-state index in [1.807, 2.05) is 32.0 Å². The van der Waals surface area contributed by atoms with E-state index in [-0.39, 0.29) is 11.8 Å². The van der Waals surface area contributed by atoms with Crippen LogP contribution >= 0.6 is 0 Å². The zero-order valence-corrected chi connectivity index (χ0v) is 13.3. The summed E-state index contributed by atoms with van der Waals surface area (Å²) in [6, 6.07) is 12.8. The van der Waals surface area contributed by atoms with E-state index >= 15 is 0 Å². The molecule has 4 nitrogen and oxygen atoms in total. The third-order valence-corrected chi connectivity index (χ3v) is 3.75. The number of hydrogen-bond acceptors (Lipinski definition) is 2. The van der Waals surface area contributed by atoms with Gasteiger partial charge in [-0.3, -0.25) is 9.59 Å². The number of aryl methyl sites for hydroxylation is 2. The van der Waals surface area contributed by atoms with Gasteiger partial charge in [0.05, 0.1) is 0 Å². The topological polar surface area (TPSA) is 49.4 Å². The SMILES string of the molecule is CC(=O)N(C)c1ccc(NC(=O)c2ccc(C)c(C)c2)cc1. The lowest BCUT2D eigenvalue weighted by Gasteiger charge is -2.15. The molecule has 0 saturated carbocycles. The minimum absolute atomic E-state index is 0.0353. The maximum absolute atomic E-state index is 12.2. The summed E-state index contributed by atoms with van der Waals surface area (Å²) < 4.78 is 0. The Morgan fingerprint density at radius 1 is 0.955 bits per heavy atom. The van der Waals surface area contributed by atoms with Crippen molar-refractivity contribution in [3.05, 3.63) is 59.2 Å². The Hall–Kier alpha value is -2.62. The molecule has 114 valence electrons. The van der Waals surface area contributed by atoms with Gasteiger partial charge in [0.1, 0.15) is 0 Å². The lowest BCUT2D eigenvalue weighted by molar-refractivity contribution is -0.116. The minimum Gasteiger partial charge on any atom is -0.322 e. The van der Waals surface area contributed by atoms with Crippen molar-refractivity contribution < 1.29 is 9.59 Å². The van der Waals surface area contributed by atoms with Gasteiger partial charge in [-0.25, -0.2) is 0 Å². The molecule has 0 aliphatic heterocycles. The molecular formula is C18H20N2O2. The van der Waals surface area contributed by atoms with Crippen molar-refractivity contribution in [3.63, 3.8) is 0 Å². The van der Waals surface area contributed by atoms with Crippen LogP contribution in [0.5, 0.6) is 0 Å². The van der Waals surface area contributed by atoms with Gasteiger partial charge in [-0.15, -0.1) is 0 Å². The smallest absolute Gasteiger partial charge is 0.255 e. The lowest BCUT2D eigenvalue weighted by atomic mass is 10.1. The first-order valence-corrected chi connectivity index (χ1v) is 7.11. The molecule has 0 heterocycles. The fourth-order valence-electron chi connectivity index (χ4n) is 2.04. The van der Waals surface area contributed by atoms with Gasteiger partial charge in [-0.1, -0.05) is 6.07 Å². The largest absolute Gasteiger partial charge is 0.322 e. The summed E-state index contributed by atoms with van der Waals surface area (Å²) in [6.45, 7) is 5.51. The fourth-order valence-corrected chi connectivity index (χ4v) is 2.04. The molecule has 0 radical (unpaired) electrons. The second-order valence-corrected chi connectivity index (χ2v) is 5.38. The molecule has 0 spiro atoms. The molecule has 1 N–H and O–H groups in total. The normalized spacial score (nSPS) is 10.2. The number of carbonyl (C=O) groups is 2. The number of rotatable bonds is 3. The highest BCUT2D eigenvalue weighted by Crippen LogP contribution is 2.18. The second kappa shape index (κ2) is 6.43. The van der Waals surface area contributed by atoms with Gasteiger partial charge in [-0.05, 0) is 61.4 Å². The highest BCUT2D eigenvalue weighted by atomic mass is 16.2. The van der Waals surface area contributed by atoms with Crippen LogP contribution in [-0.4, -0.2) is 18.9 Å². The summed E-state index contributed by atoms with van der Waals surface area (Å²) in [5.41, 5.74) is 4.37. The van der Waals surface area contributed by atoms with E-state index in [9.17, 15) is 9.59 Å². The third-order valence-electron chi connectivity index (χ3n) is 3.75. The van der Waals surface area contributed by atoms with Gasteiger partial charge in [0.25, 0.3) is 5.91 Å². The van der Waals surface area contributed by atoms with Crippen LogP contribution in [0.4, 0.5) is 11.4 Å². The van der Waals surface area contributed by atoms with E-state index < -0.39 is 0 Å². The average Bonchev–Trinajstić information content (AvgIpc) is 2.50. The summed E-state index contributed by atoms with van der Waals surface area (Å²) in [7, 11) is 1.71. The van der Waals surface area contributed by atoms with Crippen molar-refractivity contribution in [1.82, 2.24) is 0 Å². The zero-order chi connectivity index (χ0) is 16.3. The van der Waals surface area contributed by atoms with Crippen LogP contribution in [-0.2, 0) is 4.79 Å². The van der Waals surface area contributed by atoms with Gasteiger partial charge < -0.3 is 10.2 Å². The molecule has 2 aromatic carbocycles. The Morgan fingerprint density at radius 2 is 1.59 bits per heavy atom. The van der Waals surface area contributed by atoms with Crippen molar-refractivity contribution in [3.8, 4) is 0 Å². The minimum atomic E-state index is -0.143. The Labute approximate surface area is 130 Å². The Kier molecular flexibility index (Phi) is 4.61. The van der Waals surface area contributed by atoms with E-state index in [4.69, 9.17) is 0 Å². The zero-order valence-electron chi connectivity index (χ0n) is 13.3. The van der Waals surface area contributed by atoms with E-state index in [0.717, 1.165) is 16.8 Å².